The van der Waals surface area contributed by atoms with Crippen molar-refractivity contribution in [2.75, 3.05) is 18.0 Å². The molecule has 5 nitrogen and oxygen atoms in total. The Kier molecular flexibility index (Phi) is 5.70. The molecule has 2 aromatic rings. The van der Waals surface area contributed by atoms with Gasteiger partial charge >= 0.3 is 6.36 Å². The van der Waals surface area contributed by atoms with Crippen molar-refractivity contribution in [1.29, 1.82) is 0 Å². The highest BCUT2D eigenvalue weighted by molar-refractivity contribution is 5.47. The van der Waals surface area contributed by atoms with Crippen LogP contribution in [0.1, 0.15) is 25.3 Å². The number of alkyl halides is 3. The number of azide groups is 1. The number of hydrogen-bond acceptors (Lipinski definition) is 3. The number of anilines is 1. The molecule has 0 bridgehead atoms. The van der Waals surface area contributed by atoms with Crippen molar-refractivity contribution in [3.8, 4) is 5.75 Å². The van der Waals surface area contributed by atoms with Gasteiger partial charge in [0.15, 0.2) is 0 Å². The average molecular weight is 390 g/mol. The molecule has 0 aliphatic carbocycles. The molecule has 1 atom stereocenters. The Labute approximate surface area is 161 Å². The van der Waals surface area contributed by atoms with Gasteiger partial charge in [-0.2, -0.15) is 0 Å². The van der Waals surface area contributed by atoms with Crippen LogP contribution in [0.2, 0.25) is 0 Å². The van der Waals surface area contributed by atoms with Crippen LogP contribution < -0.4 is 9.64 Å². The van der Waals surface area contributed by atoms with Crippen molar-refractivity contribution < 1.29 is 17.9 Å². The van der Waals surface area contributed by atoms with Gasteiger partial charge in [-0.1, -0.05) is 42.4 Å². The van der Waals surface area contributed by atoms with Crippen molar-refractivity contribution in [2.45, 2.75) is 37.6 Å². The number of benzene rings is 2. The zero-order valence-corrected chi connectivity index (χ0v) is 15.4. The van der Waals surface area contributed by atoms with E-state index < -0.39 is 11.8 Å². The Hall–Kier alpha value is -2.86. The third-order valence-corrected chi connectivity index (χ3v) is 5.46. The zero-order valence-electron chi connectivity index (χ0n) is 15.4. The minimum Gasteiger partial charge on any atom is -0.406 e. The van der Waals surface area contributed by atoms with E-state index in [4.69, 9.17) is 5.53 Å². The Morgan fingerprint density at radius 3 is 2.21 bits per heavy atom. The Bertz CT molecular complexity index is 825. The second-order valence-corrected chi connectivity index (χ2v) is 6.93. The molecule has 3 rings (SSSR count). The van der Waals surface area contributed by atoms with E-state index in [9.17, 15) is 13.2 Å². The van der Waals surface area contributed by atoms with Gasteiger partial charge in [-0.25, -0.2) is 0 Å². The normalized spacial score (nSPS) is 17.5. The standard InChI is InChI=1S/C20H21F3N4O/c1-15(25-26-24)19(16-7-9-18(10-8-16)28-20(21,22)23)11-13-27(14-12-19)17-5-3-2-4-6-17/h2-10,15H,11-14H2,1H3. The van der Waals surface area contributed by atoms with Crippen LogP contribution in [0.3, 0.4) is 0 Å². The molecular formula is C20H21F3N4O. The van der Waals surface area contributed by atoms with Crippen LogP contribution in [0.25, 0.3) is 10.4 Å². The van der Waals surface area contributed by atoms with Gasteiger partial charge < -0.3 is 9.64 Å². The van der Waals surface area contributed by atoms with E-state index in [1.54, 1.807) is 12.1 Å². The van der Waals surface area contributed by atoms with Gasteiger partial charge in [0.25, 0.3) is 0 Å². The third-order valence-electron chi connectivity index (χ3n) is 5.46. The highest BCUT2D eigenvalue weighted by Gasteiger charge is 2.41. The lowest BCUT2D eigenvalue weighted by molar-refractivity contribution is -0.274. The van der Waals surface area contributed by atoms with Crippen LogP contribution in [-0.4, -0.2) is 25.5 Å². The average Bonchev–Trinajstić information content (AvgIpc) is 2.68. The number of hydrogen-bond donors (Lipinski definition) is 0. The summed E-state index contributed by atoms with van der Waals surface area (Å²) in [6, 6.07) is 15.6. The summed E-state index contributed by atoms with van der Waals surface area (Å²) >= 11 is 0. The maximum Gasteiger partial charge on any atom is 0.573 e. The number of piperidine rings is 1. The fraction of sp³-hybridized carbons (Fsp3) is 0.400. The second kappa shape index (κ2) is 8.02. The smallest absolute Gasteiger partial charge is 0.406 e. The van der Waals surface area contributed by atoms with Crippen LogP contribution >= 0.6 is 0 Å². The molecule has 1 saturated heterocycles. The lowest BCUT2D eigenvalue weighted by Gasteiger charge is -2.45. The molecule has 0 saturated carbocycles. The van der Waals surface area contributed by atoms with Crippen molar-refractivity contribution in [1.82, 2.24) is 0 Å². The van der Waals surface area contributed by atoms with E-state index in [1.807, 2.05) is 37.3 Å². The Morgan fingerprint density at radius 2 is 1.68 bits per heavy atom. The molecule has 0 amide bonds. The van der Waals surface area contributed by atoms with Crippen molar-refractivity contribution in [3.63, 3.8) is 0 Å². The van der Waals surface area contributed by atoms with Crippen LogP contribution in [0.5, 0.6) is 5.75 Å². The van der Waals surface area contributed by atoms with E-state index in [1.165, 1.54) is 12.1 Å². The fourth-order valence-corrected chi connectivity index (χ4v) is 3.93. The van der Waals surface area contributed by atoms with Crippen molar-refractivity contribution in [2.24, 2.45) is 5.11 Å². The minimum absolute atomic E-state index is 0.260. The first-order valence-corrected chi connectivity index (χ1v) is 9.04. The molecule has 28 heavy (non-hydrogen) atoms. The van der Waals surface area contributed by atoms with Crippen molar-refractivity contribution >= 4 is 5.69 Å². The van der Waals surface area contributed by atoms with Crippen LogP contribution in [0.15, 0.2) is 59.7 Å². The molecule has 1 heterocycles. The minimum atomic E-state index is -4.72. The summed E-state index contributed by atoms with van der Waals surface area (Å²) in [5.41, 5.74) is 10.5. The molecule has 148 valence electrons. The summed E-state index contributed by atoms with van der Waals surface area (Å²) in [4.78, 5) is 5.23. The quantitative estimate of drug-likeness (QED) is 0.367. The van der Waals surface area contributed by atoms with Gasteiger partial charge in [0.2, 0.25) is 0 Å². The van der Waals surface area contributed by atoms with Gasteiger partial charge in [0, 0.05) is 35.1 Å². The van der Waals surface area contributed by atoms with E-state index in [-0.39, 0.29) is 11.8 Å². The molecule has 2 aromatic carbocycles. The number of halogens is 3. The van der Waals surface area contributed by atoms with Crippen LogP contribution in [0.4, 0.5) is 18.9 Å². The molecule has 8 heteroatoms. The first-order chi connectivity index (χ1) is 13.3. The lowest BCUT2D eigenvalue weighted by atomic mass is 9.68. The van der Waals surface area contributed by atoms with E-state index in [2.05, 4.69) is 19.7 Å². The SMILES string of the molecule is CC(N=[N+]=[N-])C1(c2ccc(OC(F)(F)F)cc2)CCN(c2ccccc2)CC1. The first-order valence-electron chi connectivity index (χ1n) is 9.04. The molecule has 1 fully saturated rings. The molecule has 1 aliphatic heterocycles. The fourth-order valence-electron chi connectivity index (χ4n) is 3.93. The summed E-state index contributed by atoms with van der Waals surface area (Å²) in [6.07, 6.45) is -3.28. The number of rotatable bonds is 5. The number of nitrogens with zero attached hydrogens (tertiary/aromatic N) is 4. The van der Waals surface area contributed by atoms with Gasteiger partial charge in [0.1, 0.15) is 5.75 Å². The van der Waals surface area contributed by atoms with Crippen LogP contribution in [0, 0.1) is 0 Å². The highest BCUT2D eigenvalue weighted by Crippen LogP contribution is 2.42. The topological polar surface area (TPSA) is 61.2 Å². The predicted octanol–water partition coefficient (Wildman–Crippen LogP) is 5.82. The summed E-state index contributed by atoms with van der Waals surface area (Å²) < 4.78 is 41.2. The first kappa shape index (κ1) is 19.9. The Morgan fingerprint density at radius 1 is 1.07 bits per heavy atom. The maximum atomic E-state index is 12.4. The molecule has 0 radical (unpaired) electrons. The van der Waals surface area contributed by atoms with Gasteiger partial charge in [0.05, 0.1) is 0 Å². The van der Waals surface area contributed by atoms with E-state index >= 15 is 0 Å². The zero-order chi connectivity index (χ0) is 20.2. The van der Waals surface area contributed by atoms with E-state index in [0.717, 1.165) is 37.2 Å². The summed E-state index contributed by atoms with van der Waals surface area (Å²) in [7, 11) is 0. The number of ether oxygens (including phenoxy) is 1. The molecule has 1 aliphatic rings. The van der Waals surface area contributed by atoms with Gasteiger partial charge in [-0.15, -0.1) is 13.2 Å². The maximum absolute atomic E-state index is 12.4. The second-order valence-electron chi connectivity index (χ2n) is 6.93. The van der Waals surface area contributed by atoms with E-state index in [0.29, 0.717) is 0 Å². The largest absolute Gasteiger partial charge is 0.573 e. The molecule has 0 aromatic heterocycles. The third kappa shape index (κ3) is 4.34. The summed E-state index contributed by atoms with van der Waals surface area (Å²) in [6.45, 7) is 3.38. The molecule has 0 N–H and O–H groups in total. The van der Waals surface area contributed by atoms with Crippen molar-refractivity contribution in [3.05, 3.63) is 70.6 Å². The lowest BCUT2D eigenvalue weighted by Crippen LogP contribution is -2.47. The Balaban J connectivity index is 1.85. The summed E-state index contributed by atoms with van der Waals surface area (Å²) in [5.74, 6) is -0.260. The molecular weight excluding hydrogens is 369 g/mol. The summed E-state index contributed by atoms with van der Waals surface area (Å²) in [5, 5.41) is 3.93. The molecule has 0 spiro atoms. The molecule has 1 unspecified atom stereocenters. The monoisotopic (exact) mass is 390 g/mol. The van der Waals surface area contributed by atoms with Gasteiger partial charge in [-0.05, 0) is 48.2 Å². The van der Waals surface area contributed by atoms with Crippen LogP contribution in [-0.2, 0) is 5.41 Å². The number of para-hydroxylation sites is 1. The predicted molar refractivity (Wildman–Crippen MR) is 101 cm³/mol. The highest BCUT2D eigenvalue weighted by atomic mass is 19.4. The van der Waals surface area contributed by atoms with Gasteiger partial charge in [-0.3, -0.25) is 0 Å².